The molecular weight excluding hydrogens is 566 g/mol. The highest BCUT2D eigenvalue weighted by Crippen LogP contribution is 2.36. The first-order valence-electron chi connectivity index (χ1n) is 14.9. The van der Waals surface area contributed by atoms with Crippen LogP contribution in [0.4, 0.5) is 0 Å². The maximum atomic E-state index is 14.3. The predicted octanol–water partition coefficient (Wildman–Crippen LogP) is 2.69. The van der Waals surface area contributed by atoms with Crippen molar-refractivity contribution in [2.75, 3.05) is 6.61 Å². The summed E-state index contributed by atoms with van der Waals surface area (Å²) >= 11 is 0. The molecule has 2 bridgehead atoms. The fourth-order valence-corrected chi connectivity index (χ4v) is 5.95. The van der Waals surface area contributed by atoms with Crippen LogP contribution in [0.3, 0.4) is 0 Å². The smallest absolute Gasteiger partial charge is 0.335 e. The molecule has 9 atom stereocenters. The first-order chi connectivity index (χ1) is 21.5. The van der Waals surface area contributed by atoms with Crippen molar-refractivity contribution in [3.63, 3.8) is 0 Å². The molecular formula is C34H37NO9. The highest BCUT2D eigenvalue weighted by Gasteiger charge is 2.56. The maximum Gasteiger partial charge on any atom is 0.335 e. The minimum Gasteiger partial charge on any atom is -0.459 e. The van der Waals surface area contributed by atoms with E-state index in [2.05, 4.69) is 0 Å². The maximum absolute atomic E-state index is 14.3. The number of aliphatic hydroxyl groups excluding tert-OH is 1. The summed E-state index contributed by atoms with van der Waals surface area (Å²) in [7, 11) is 0. The van der Waals surface area contributed by atoms with Gasteiger partial charge in [-0.15, -0.1) is 0 Å². The fraction of sp³-hybridized carbons (Fsp3) is 0.412. The molecule has 0 saturated carbocycles. The summed E-state index contributed by atoms with van der Waals surface area (Å²) in [6.45, 7) is 0.566. The highest BCUT2D eigenvalue weighted by atomic mass is 16.7. The number of fused-ring (bicyclic) bond motifs is 2. The Morgan fingerprint density at radius 2 is 1.36 bits per heavy atom. The summed E-state index contributed by atoms with van der Waals surface area (Å²) in [6, 6.07) is 27.5. The second-order valence-electron chi connectivity index (χ2n) is 11.3. The molecule has 3 aromatic rings. The van der Waals surface area contributed by atoms with Gasteiger partial charge in [-0.05, 0) is 16.7 Å². The molecule has 3 aliphatic heterocycles. The lowest BCUT2D eigenvalue weighted by Crippen LogP contribution is -2.63. The molecule has 0 aromatic heterocycles. The summed E-state index contributed by atoms with van der Waals surface area (Å²) in [4.78, 5) is 27.7. The number of ether oxygens (including phenoxy) is 6. The van der Waals surface area contributed by atoms with E-state index in [4.69, 9.17) is 34.2 Å². The first-order valence-corrected chi connectivity index (χ1v) is 14.9. The molecule has 0 radical (unpaired) electrons. The predicted molar refractivity (Wildman–Crippen MR) is 157 cm³/mol. The quantitative estimate of drug-likeness (QED) is 0.315. The van der Waals surface area contributed by atoms with E-state index in [0.29, 0.717) is 0 Å². The molecule has 3 aromatic carbocycles. The van der Waals surface area contributed by atoms with E-state index in [1.807, 2.05) is 91.0 Å². The van der Waals surface area contributed by atoms with Gasteiger partial charge in [-0.2, -0.15) is 0 Å². The Kier molecular flexibility index (Phi) is 9.78. The summed E-state index contributed by atoms with van der Waals surface area (Å²) in [5.41, 5.74) is 9.02. The van der Waals surface area contributed by atoms with E-state index in [9.17, 15) is 14.7 Å². The molecule has 3 N–H and O–H groups in total. The molecule has 0 spiro atoms. The average molecular weight is 604 g/mol. The Hall–Kier alpha value is -3.48. The number of ketones is 1. The minimum absolute atomic E-state index is 0.0475. The van der Waals surface area contributed by atoms with Crippen LogP contribution in [0.15, 0.2) is 91.0 Å². The van der Waals surface area contributed by atoms with Gasteiger partial charge in [0.2, 0.25) is 0 Å². The molecule has 3 fully saturated rings. The van der Waals surface area contributed by atoms with Crippen LogP contribution in [0.1, 0.15) is 23.1 Å². The number of carbonyl (C=O) groups excluding carboxylic acids is 2. The van der Waals surface area contributed by atoms with Gasteiger partial charge in [0.25, 0.3) is 0 Å². The van der Waals surface area contributed by atoms with Gasteiger partial charge in [-0.3, -0.25) is 4.79 Å². The molecule has 0 aliphatic carbocycles. The van der Waals surface area contributed by atoms with Crippen molar-refractivity contribution in [3.05, 3.63) is 108 Å². The van der Waals surface area contributed by atoms with Gasteiger partial charge in [0, 0.05) is 6.42 Å². The van der Waals surface area contributed by atoms with E-state index in [0.717, 1.165) is 16.7 Å². The van der Waals surface area contributed by atoms with Crippen molar-refractivity contribution >= 4 is 11.8 Å². The molecule has 6 rings (SSSR count). The molecule has 232 valence electrons. The van der Waals surface area contributed by atoms with Gasteiger partial charge in [-0.25, -0.2) is 4.79 Å². The van der Waals surface area contributed by atoms with Crippen LogP contribution in [-0.2, 0) is 57.8 Å². The van der Waals surface area contributed by atoms with Gasteiger partial charge in [0.1, 0.15) is 24.9 Å². The minimum atomic E-state index is -1.29. The summed E-state index contributed by atoms with van der Waals surface area (Å²) in [5, 5.41) is 11.1. The Morgan fingerprint density at radius 1 is 0.795 bits per heavy atom. The van der Waals surface area contributed by atoms with Gasteiger partial charge >= 0.3 is 5.97 Å². The normalized spacial score (nSPS) is 31.4. The number of aliphatic hydroxyl groups is 1. The van der Waals surface area contributed by atoms with Gasteiger partial charge in [0.05, 0.1) is 44.0 Å². The molecule has 10 nitrogen and oxygen atoms in total. The van der Waals surface area contributed by atoms with Crippen LogP contribution in [0.5, 0.6) is 0 Å². The van der Waals surface area contributed by atoms with Crippen molar-refractivity contribution in [2.45, 2.75) is 75.2 Å². The van der Waals surface area contributed by atoms with Crippen LogP contribution in [-0.4, -0.2) is 72.4 Å². The van der Waals surface area contributed by atoms with Crippen LogP contribution in [0.2, 0.25) is 0 Å². The molecule has 3 heterocycles. The fourth-order valence-electron chi connectivity index (χ4n) is 5.95. The topological polar surface area (TPSA) is 136 Å². The monoisotopic (exact) mass is 603 g/mol. The number of benzene rings is 3. The molecule has 10 heteroatoms. The van der Waals surface area contributed by atoms with E-state index in [1.165, 1.54) is 0 Å². The van der Waals surface area contributed by atoms with Crippen molar-refractivity contribution in [1.29, 1.82) is 0 Å². The Balaban J connectivity index is 1.28. The van der Waals surface area contributed by atoms with Gasteiger partial charge < -0.3 is 39.3 Å². The number of rotatable bonds is 11. The number of esters is 1. The molecule has 3 aliphatic rings. The van der Waals surface area contributed by atoms with Crippen molar-refractivity contribution in [1.82, 2.24) is 0 Å². The molecule has 8 unspecified atom stereocenters. The van der Waals surface area contributed by atoms with Crippen LogP contribution < -0.4 is 5.73 Å². The van der Waals surface area contributed by atoms with Gasteiger partial charge in [-0.1, -0.05) is 91.0 Å². The lowest BCUT2D eigenvalue weighted by molar-refractivity contribution is -0.223. The summed E-state index contributed by atoms with van der Waals surface area (Å²) in [5.74, 6) is -2.19. The second-order valence-corrected chi connectivity index (χ2v) is 11.3. The molecule has 0 amide bonds. The van der Waals surface area contributed by atoms with Crippen LogP contribution in [0, 0.1) is 5.92 Å². The number of hydrogen-bond donors (Lipinski definition) is 2. The van der Waals surface area contributed by atoms with E-state index in [1.54, 1.807) is 0 Å². The first kappa shape index (κ1) is 30.5. The lowest BCUT2D eigenvalue weighted by Gasteiger charge is -2.43. The summed E-state index contributed by atoms with van der Waals surface area (Å²) < 4.78 is 35.8. The van der Waals surface area contributed by atoms with Crippen molar-refractivity contribution in [3.8, 4) is 0 Å². The molecule has 3 saturated heterocycles. The van der Waals surface area contributed by atoms with E-state index in [-0.39, 0.29) is 32.8 Å². The Morgan fingerprint density at radius 3 is 1.98 bits per heavy atom. The average Bonchev–Trinajstić information content (AvgIpc) is 3.53. The van der Waals surface area contributed by atoms with Crippen LogP contribution >= 0.6 is 0 Å². The zero-order chi connectivity index (χ0) is 30.5. The third kappa shape index (κ3) is 6.92. The number of Topliss-reactive ketones (excluding diaryl/α,β-unsaturated/α-hetero) is 1. The van der Waals surface area contributed by atoms with Crippen molar-refractivity contribution < 1.29 is 43.1 Å². The van der Waals surface area contributed by atoms with Crippen molar-refractivity contribution in [2.24, 2.45) is 11.7 Å². The second kappa shape index (κ2) is 14.1. The van der Waals surface area contributed by atoms with E-state index >= 15 is 0 Å². The van der Waals surface area contributed by atoms with E-state index < -0.39 is 66.6 Å². The number of carbonyl (C=O) groups is 2. The third-order valence-electron chi connectivity index (χ3n) is 8.32. The molecule has 44 heavy (non-hydrogen) atoms. The SMILES string of the molecule is NC1C2OCC(O2)C(O)C1C(=O)C1O[C@@H](C(=O)OCc2ccccc2)CC(OCc2ccccc2)C1OCc1ccccc1. The standard InChI is InChI=1S/C34H37NO9/c35-28-27(29(36)26-20-42-34(28)44-26)30(37)32-31(40-18-22-12-6-2-7-13-22)24(39-17-21-10-4-1-5-11-21)16-25(43-32)33(38)41-19-23-14-8-3-9-15-23/h1-15,24-29,31-32,34,36H,16-20,35H2/t24?,25-,26?,27?,28?,29?,31?,32?,34?/m1/s1. The largest absolute Gasteiger partial charge is 0.459 e. The summed E-state index contributed by atoms with van der Waals surface area (Å²) in [6.07, 6.45) is -6.69. The Bertz CT molecular complexity index is 1360. The highest BCUT2D eigenvalue weighted by molar-refractivity contribution is 5.88. The zero-order valence-corrected chi connectivity index (χ0v) is 24.2. The van der Waals surface area contributed by atoms with Crippen LogP contribution in [0.25, 0.3) is 0 Å². The van der Waals surface area contributed by atoms with Gasteiger partial charge in [0.15, 0.2) is 18.2 Å². The Labute approximate surface area is 256 Å². The third-order valence-corrected chi connectivity index (χ3v) is 8.32. The lowest BCUT2D eigenvalue weighted by atomic mass is 9.80. The number of hydrogen-bond acceptors (Lipinski definition) is 10. The number of nitrogens with two attached hydrogens (primary N) is 1. The zero-order valence-electron chi connectivity index (χ0n) is 24.2.